The van der Waals surface area contributed by atoms with E-state index in [4.69, 9.17) is 9.47 Å². The van der Waals surface area contributed by atoms with Gasteiger partial charge in [-0.2, -0.15) is 8.42 Å². The third kappa shape index (κ3) is 14.5. The number of Topliss-reactive ketones (excluding diaryl/α,β-unsaturated/α-hetero) is 1. The van der Waals surface area contributed by atoms with Crippen LogP contribution in [0, 0.1) is 5.92 Å². The zero-order chi connectivity index (χ0) is 23.2. The number of hydrogen-bond acceptors (Lipinski definition) is 8. The van der Waals surface area contributed by atoms with Gasteiger partial charge in [0, 0.05) is 32.5 Å². The summed E-state index contributed by atoms with van der Waals surface area (Å²) in [6, 6.07) is 0. The van der Waals surface area contributed by atoms with E-state index >= 15 is 0 Å². The van der Waals surface area contributed by atoms with Crippen molar-refractivity contribution in [2.24, 2.45) is 5.92 Å². The quantitative estimate of drug-likeness (QED) is 0.202. The van der Waals surface area contributed by atoms with Gasteiger partial charge in [-0.25, -0.2) is 0 Å². The molecule has 0 aliphatic carbocycles. The van der Waals surface area contributed by atoms with E-state index < -0.39 is 15.7 Å². The maximum Gasteiger partial charge on any atom is 0.305 e. The van der Waals surface area contributed by atoms with Crippen LogP contribution in [0.1, 0.15) is 65.7 Å². The summed E-state index contributed by atoms with van der Waals surface area (Å²) in [5.74, 6) is -1.30. The minimum atomic E-state index is -3.72. The molecule has 0 saturated carbocycles. The molecule has 0 aromatic carbocycles. The summed E-state index contributed by atoms with van der Waals surface area (Å²) >= 11 is 0. The average molecular weight is 452 g/mol. The van der Waals surface area contributed by atoms with Crippen molar-refractivity contribution < 1.29 is 36.5 Å². The predicted octanol–water partition coefficient (Wildman–Crippen LogP) is 1.98. The Labute approximate surface area is 180 Å². The van der Waals surface area contributed by atoms with Gasteiger partial charge in [-0.05, 0) is 52.9 Å². The van der Waals surface area contributed by atoms with Crippen LogP contribution in [-0.4, -0.2) is 64.8 Å². The number of ether oxygens (including phenoxy) is 2. The molecule has 9 nitrogen and oxygen atoms in total. The van der Waals surface area contributed by atoms with Crippen molar-refractivity contribution in [3.63, 3.8) is 0 Å². The number of nitrogens with one attached hydrogen (secondary N) is 1. The normalized spacial score (nSPS) is 13.0. The lowest BCUT2D eigenvalue weighted by atomic mass is 9.93. The van der Waals surface area contributed by atoms with E-state index in [2.05, 4.69) is 9.50 Å². The van der Waals surface area contributed by atoms with Gasteiger partial charge in [-0.3, -0.25) is 18.6 Å². The molecule has 0 rings (SSSR count). The molecule has 0 bridgehead atoms. The van der Waals surface area contributed by atoms with Crippen LogP contribution in [0.15, 0.2) is 0 Å². The highest BCUT2D eigenvalue weighted by Crippen LogP contribution is 2.16. The van der Waals surface area contributed by atoms with E-state index in [1.165, 1.54) is 6.92 Å². The second-order valence-electron chi connectivity index (χ2n) is 7.96. The van der Waals surface area contributed by atoms with Crippen LogP contribution in [0.4, 0.5) is 0 Å². The second kappa shape index (κ2) is 14.5. The van der Waals surface area contributed by atoms with E-state index in [1.807, 2.05) is 0 Å². The maximum absolute atomic E-state index is 12.2. The van der Waals surface area contributed by atoms with Gasteiger partial charge in [0.25, 0.3) is 10.1 Å². The van der Waals surface area contributed by atoms with Crippen LogP contribution in [0.2, 0.25) is 0 Å². The molecule has 0 aliphatic rings. The Kier molecular flexibility index (Phi) is 13.7. The standard InChI is InChI=1S/C20H37NO8S/c1-16(22)17(9-8-14-29-19(24)10-6-7-13-27-4)11-12-18(23)21-20(2,3)15-30(25,26)28-5/h17H,6-15H2,1-5H3,(H,21,23). The number of amides is 1. The van der Waals surface area contributed by atoms with Gasteiger partial charge in [-0.15, -0.1) is 0 Å². The fraction of sp³-hybridized carbons (Fsp3) is 0.850. The highest BCUT2D eigenvalue weighted by molar-refractivity contribution is 7.86. The molecular weight excluding hydrogens is 414 g/mol. The number of rotatable bonds is 17. The fourth-order valence-electron chi connectivity index (χ4n) is 2.94. The van der Waals surface area contributed by atoms with Crippen molar-refractivity contribution in [3.8, 4) is 0 Å². The summed E-state index contributed by atoms with van der Waals surface area (Å²) in [4.78, 5) is 35.7. The van der Waals surface area contributed by atoms with Crippen molar-refractivity contribution in [2.75, 3.05) is 33.2 Å². The lowest BCUT2D eigenvalue weighted by Gasteiger charge is -2.25. The summed E-state index contributed by atoms with van der Waals surface area (Å²) < 4.78 is 37.7. The molecule has 30 heavy (non-hydrogen) atoms. The number of esters is 1. The van der Waals surface area contributed by atoms with E-state index in [1.54, 1.807) is 21.0 Å². The number of methoxy groups -OCH3 is 1. The number of carbonyl (C=O) groups is 3. The molecule has 0 fully saturated rings. The molecule has 0 aliphatic heterocycles. The van der Waals surface area contributed by atoms with Crippen molar-refractivity contribution in [1.82, 2.24) is 5.32 Å². The van der Waals surface area contributed by atoms with Crippen molar-refractivity contribution >= 4 is 27.8 Å². The van der Waals surface area contributed by atoms with Gasteiger partial charge in [0.2, 0.25) is 5.91 Å². The summed E-state index contributed by atoms with van der Waals surface area (Å²) in [5, 5.41) is 2.66. The molecule has 0 spiro atoms. The van der Waals surface area contributed by atoms with Gasteiger partial charge < -0.3 is 14.8 Å². The SMILES string of the molecule is COCCCCC(=O)OCCCC(CCC(=O)NC(C)(C)CS(=O)(=O)OC)C(C)=O. The van der Waals surface area contributed by atoms with E-state index in [9.17, 15) is 22.8 Å². The molecule has 1 N–H and O–H groups in total. The average Bonchev–Trinajstić information content (AvgIpc) is 2.62. The summed E-state index contributed by atoms with van der Waals surface area (Å²) in [5.41, 5.74) is -0.991. The first-order valence-electron chi connectivity index (χ1n) is 10.2. The Hall–Kier alpha value is -1.52. The minimum absolute atomic E-state index is 0.0325. The molecule has 10 heteroatoms. The number of carbonyl (C=O) groups excluding carboxylic acids is 3. The zero-order valence-electron chi connectivity index (χ0n) is 18.8. The van der Waals surface area contributed by atoms with E-state index in [-0.39, 0.29) is 42.4 Å². The molecule has 0 aromatic heterocycles. The van der Waals surface area contributed by atoms with E-state index in [0.29, 0.717) is 38.7 Å². The predicted molar refractivity (Wildman–Crippen MR) is 112 cm³/mol. The topological polar surface area (TPSA) is 125 Å². The van der Waals surface area contributed by atoms with Crippen molar-refractivity contribution in [3.05, 3.63) is 0 Å². The Bertz CT molecular complexity index is 645. The molecule has 1 amide bonds. The third-order valence-electron chi connectivity index (χ3n) is 4.50. The Morgan fingerprint density at radius 3 is 2.20 bits per heavy atom. The third-order valence-corrected chi connectivity index (χ3v) is 6.09. The molecule has 1 atom stereocenters. The molecular formula is C20H37NO8S. The van der Waals surface area contributed by atoms with Gasteiger partial charge in [0.1, 0.15) is 5.78 Å². The highest BCUT2D eigenvalue weighted by atomic mass is 32.2. The monoisotopic (exact) mass is 451 g/mol. The van der Waals surface area contributed by atoms with E-state index in [0.717, 1.165) is 13.5 Å². The molecule has 0 saturated heterocycles. The highest BCUT2D eigenvalue weighted by Gasteiger charge is 2.28. The zero-order valence-corrected chi connectivity index (χ0v) is 19.6. The first kappa shape index (κ1) is 28.5. The number of unbranched alkanes of at least 4 members (excludes halogenated alkanes) is 1. The Morgan fingerprint density at radius 2 is 1.63 bits per heavy atom. The Morgan fingerprint density at radius 1 is 0.967 bits per heavy atom. The van der Waals surface area contributed by atoms with Crippen LogP contribution < -0.4 is 5.32 Å². The summed E-state index contributed by atoms with van der Waals surface area (Å²) in [6.07, 6.45) is 3.34. The van der Waals surface area contributed by atoms with Crippen LogP contribution >= 0.6 is 0 Å². The lowest BCUT2D eigenvalue weighted by Crippen LogP contribution is -2.48. The molecule has 1 unspecified atom stereocenters. The van der Waals surface area contributed by atoms with Gasteiger partial charge in [-0.1, -0.05) is 0 Å². The van der Waals surface area contributed by atoms with Crippen LogP contribution in [0.3, 0.4) is 0 Å². The smallest absolute Gasteiger partial charge is 0.305 e. The fourth-order valence-corrected chi connectivity index (χ4v) is 4.01. The van der Waals surface area contributed by atoms with Gasteiger partial charge >= 0.3 is 5.97 Å². The first-order valence-corrected chi connectivity index (χ1v) is 11.7. The first-order chi connectivity index (χ1) is 13.9. The van der Waals surface area contributed by atoms with Crippen molar-refractivity contribution in [2.45, 2.75) is 71.3 Å². The molecule has 0 heterocycles. The van der Waals surface area contributed by atoms with Gasteiger partial charge in [0.15, 0.2) is 0 Å². The molecule has 176 valence electrons. The largest absolute Gasteiger partial charge is 0.466 e. The number of ketones is 1. The van der Waals surface area contributed by atoms with Crippen LogP contribution in [0.5, 0.6) is 0 Å². The molecule has 0 aromatic rings. The lowest BCUT2D eigenvalue weighted by molar-refractivity contribution is -0.144. The Balaban J connectivity index is 4.27. The number of hydrogen-bond donors (Lipinski definition) is 1. The second-order valence-corrected chi connectivity index (χ2v) is 9.70. The van der Waals surface area contributed by atoms with Crippen LogP contribution in [-0.2, 0) is 38.2 Å². The van der Waals surface area contributed by atoms with Crippen molar-refractivity contribution in [1.29, 1.82) is 0 Å². The van der Waals surface area contributed by atoms with Gasteiger partial charge in [0.05, 0.1) is 25.0 Å². The van der Waals surface area contributed by atoms with Crippen LogP contribution in [0.25, 0.3) is 0 Å². The minimum Gasteiger partial charge on any atom is -0.466 e. The summed E-state index contributed by atoms with van der Waals surface area (Å²) in [6.45, 7) is 5.50. The maximum atomic E-state index is 12.2. The molecule has 0 radical (unpaired) electrons. The summed E-state index contributed by atoms with van der Waals surface area (Å²) in [7, 11) is -1.03.